The maximum absolute atomic E-state index is 12.7. The number of benzene rings is 1. The van der Waals surface area contributed by atoms with Crippen LogP contribution in [0.25, 0.3) is 0 Å². The van der Waals surface area contributed by atoms with E-state index < -0.39 is 6.04 Å². The summed E-state index contributed by atoms with van der Waals surface area (Å²) in [5.74, 6) is 2.12. The molecule has 0 saturated carbocycles. The van der Waals surface area contributed by atoms with Gasteiger partial charge in [-0.05, 0) is 36.8 Å². The maximum Gasteiger partial charge on any atom is 0.237 e. The standard InChI is InChI=1S/C21H27N3O4/c1-15-7-8-18(28-15)14-23(2)20(25)12-19-21(26)22-9-10-24(19)13-16-5-4-6-17(11-16)27-3/h4-8,11,19H,9-10,12-14H2,1-3H3,(H,22,26). The van der Waals surface area contributed by atoms with Crippen molar-refractivity contribution in [3.05, 3.63) is 53.5 Å². The van der Waals surface area contributed by atoms with Crippen LogP contribution in [0.1, 0.15) is 23.5 Å². The number of carbonyl (C=O) groups is 2. The molecule has 1 aliphatic rings. The Kier molecular flexibility index (Phi) is 6.36. The molecule has 7 nitrogen and oxygen atoms in total. The Morgan fingerprint density at radius 2 is 2.18 bits per heavy atom. The number of nitrogens with zero attached hydrogens (tertiary/aromatic N) is 2. The van der Waals surface area contributed by atoms with Crippen molar-refractivity contribution in [2.75, 3.05) is 27.2 Å². The topological polar surface area (TPSA) is 75.0 Å². The molecule has 0 bridgehead atoms. The SMILES string of the molecule is COc1cccc(CN2CCNC(=O)C2CC(=O)N(C)Cc2ccc(C)o2)c1. The molecule has 0 aliphatic carbocycles. The third-order valence-electron chi connectivity index (χ3n) is 4.94. The minimum atomic E-state index is -0.492. The monoisotopic (exact) mass is 385 g/mol. The molecule has 1 aromatic carbocycles. The van der Waals surface area contributed by atoms with Crippen molar-refractivity contribution in [1.29, 1.82) is 0 Å². The Bertz CT molecular complexity index is 833. The van der Waals surface area contributed by atoms with Crippen LogP contribution in [0.5, 0.6) is 5.75 Å². The van der Waals surface area contributed by atoms with Crippen molar-refractivity contribution in [2.24, 2.45) is 0 Å². The normalized spacial score (nSPS) is 17.2. The molecule has 1 aliphatic heterocycles. The highest BCUT2D eigenvalue weighted by atomic mass is 16.5. The van der Waals surface area contributed by atoms with Gasteiger partial charge in [-0.2, -0.15) is 0 Å². The first-order valence-electron chi connectivity index (χ1n) is 9.40. The zero-order valence-electron chi connectivity index (χ0n) is 16.6. The van der Waals surface area contributed by atoms with E-state index >= 15 is 0 Å². The molecule has 1 fully saturated rings. The highest BCUT2D eigenvalue weighted by Gasteiger charge is 2.32. The van der Waals surface area contributed by atoms with Crippen LogP contribution in [0.3, 0.4) is 0 Å². The predicted octanol–water partition coefficient (Wildman–Crippen LogP) is 1.95. The average Bonchev–Trinajstić information content (AvgIpc) is 3.09. The highest BCUT2D eigenvalue weighted by molar-refractivity contribution is 5.88. The Morgan fingerprint density at radius 3 is 2.89 bits per heavy atom. The summed E-state index contributed by atoms with van der Waals surface area (Å²) in [4.78, 5) is 28.8. The number of methoxy groups -OCH3 is 1. The molecule has 1 N–H and O–H groups in total. The molecule has 7 heteroatoms. The van der Waals surface area contributed by atoms with Crippen LogP contribution in [0.2, 0.25) is 0 Å². The number of aryl methyl sites for hydroxylation is 1. The number of hydrogen-bond donors (Lipinski definition) is 1. The van der Waals surface area contributed by atoms with Gasteiger partial charge in [-0.15, -0.1) is 0 Å². The molecule has 2 heterocycles. The third-order valence-corrected chi connectivity index (χ3v) is 4.94. The quantitative estimate of drug-likeness (QED) is 0.788. The largest absolute Gasteiger partial charge is 0.497 e. The second-order valence-corrected chi connectivity index (χ2v) is 7.10. The predicted molar refractivity (Wildman–Crippen MR) is 105 cm³/mol. The lowest BCUT2D eigenvalue weighted by molar-refractivity contribution is -0.138. The van der Waals surface area contributed by atoms with Crippen LogP contribution in [0.4, 0.5) is 0 Å². The number of furan rings is 1. The van der Waals surface area contributed by atoms with Crippen LogP contribution >= 0.6 is 0 Å². The fraction of sp³-hybridized carbons (Fsp3) is 0.429. The summed E-state index contributed by atoms with van der Waals surface area (Å²) in [6, 6.07) is 11.0. The molecule has 1 atom stereocenters. The summed E-state index contributed by atoms with van der Waals surface area (Å²) in [7, 11) is 3.36. The van der Waals surface area contributed by atoms with Gasteiger partial charge >= 0.3 is 0 Å². The van der Waals surface area contributed by atoms with E-state index in [0.717, 1.165) is 22.8 Å². The molecule has 2 amide bonds. The zero-order chi connectivity index (χ0) is 20.1. The molecular weight excluding hydrogens is 358 g/mol. The summed E-state index contributed by atoms with van der Waals surface area (Å²) >= 11 is 0. The number of amides is 2. The second kappa shape index (κ2) is 8.93. The van der Waals surface area contributed by atoms with E-state index in [2.05, 4.69) is 10.2 Å². The average molecular weight is 385 g/mol. The molecule has 2 aromatic rings. The van der Waals surface area contributed by atoms with Crippen molar-refractivity contribution >= 4 is 11.8 Å². The van der Waals surface area contributed by atoms with Gasteiger partial charge in [0.05, 0.1) is 26.1 Å². The number of nitrogens with one attached hydrogen (secondary N) is 1. The number of hydrogen-bond acceptors (Lipinski definition) is 5. The molecule has 0 radical (unpaired) electrons. The lowest BCUT2D eigenvalue weighted by Crippen LogP contribution is -2.56. The smallest absolute Gasteiger partial charge is 0.237 e. The summed E-state index contributed by atoms with van der Waals surface area (Å²) < 4.78 is 10.8. The lowest BCUT2D eigenvalue weighted by Gasteiger charge is -2.35. The number of piperazine rings is 1. The van der Waals surface area contributed by atoms with Crippen LogP contribution in [0, 0.1) is 6.92 Å². The lowest BCUT2D eigenvalue weighted by atomic mass is 10.1. The molecule has 0 spiro atoms. The van der Waals surface area contributed by atoms with Crippen molar-refractivity contribution in [2.45, 2.75) is 32.5 Å². The first kappa shape index (κ1) is 19.9. The molecule has 150 valence electrons. The molecule has 1 unspecified atom stereocenters. The first-order chi connectivity index (χ1) is 13.5. The molecule has 1 saturated heterocycles. The van der Waals surface area contributed by atoms with E-state index in [1.54, 1.807) is 19.1 Å². The van der Waals surface area contributed by atoms with E-state index in [4.69, 9.17) is 9.15 Å². The van der Waals surface area contributed by atoms with Gasteiger partial charge in [-0.1, -0.05) is 12.1 Å². The Labute approximate surface area is 165 Å². The summed E-state index contributed by atoms with van der Waals surface area (Å²) in [5, 5.41) is 2.87. The van der Waals surface area contributed by atoms with Crippen molar-refractivity contribution in [3.8, 4) is 5.75 Å². The van der Waals surface area contributed by atoms with Crippen molar-refractivity contribution in [1.82, 2.24) is 15.1 Å². The number of rotatable bonds is 7. The van der Waals surface area contributed by atoms with E-state index in [1.165, 1.54) is 0 Å². The van der Waals surface area contributed by atoms with Gasteiger partial charge in [0.25, 0.3) is 0 Å². The van der Waals surface area contributed by atoms with E-state index in [9.17, 15) is 9.59 Å². The number of ether oxygens (including phenoxy) is 1. The van der Waals surface area contributed by atoms with Crippen molar-refractivity contribution < 1.29 is 18.7 Å². The van der Waals surface area contributed by atoms with Crippen molar-refractivity contribution in [3.63, 3.8) is 0 Å². The minimum Gasteiger partial charge on any atom is -0.497 e. The summed E-state index contributed by atoms with van der Waals surface area (Å²) in [5.41, 5.74) is 1.05. The van der Waals surface area contributed by atoms with E-state index in [0.29, 0.717) is 26.2 Å². The minimum absolute atomic E-state index is 0.0910. The van der Waals surface area contributed by atoms with Gasteiger partial charge in [0.15, 0.2) is 0 Å². The van der Waals surface area contributed by atoms with Gasteiger partial charge < -0.3 is 19.4 Å². The van der Waals surface area contributed by atoms with Gasteiger partial charge in [-0.25, -0.2) is 0 Å². The van der Waals surface area contributed by atoms with Crippen LogP contribution in [-0.2, 0) is 22.7 Å². The Morgan fingerprint density at radius 1 is 1.36 bits per heavy atom. The number of carbonyl (C=O) groups excluding carboxylic acids is 2. The van der Waals surface area contributed by atoms with Crippen LogP contribution in [-0.4, -0.2) is 54.9 Å². The second-order valence-electron chi connectivity index (χ2n) is 7.10. The fourth-order valence-corrected chi connectivity index (χ4v) is 3.39. The van der Waals surface area contributed by atoms with Crippen LogP contribution < -0.4 is 10.1 Å². The highest BCUT2D eigenvalue weighted by Crippen LogP contribution is 2.19. The van der Waals surface area contributed by atoms with Gasteiger partial charge in [0.2, 0.25) is 11.8 Å². The van der Waals surface area contributed by atoms with E-state index in [-0.39, 0.29) is 18.2 Å². The molecule has 1 aromatic heterocycles. The van der Waals surface area contributed by atoms with Crippen LogP contribution in [0.15, 0.2) is 40.8 Å². The van der Waals surface area contributed by atoms with Gasteiger partial charge in [0, 0.05) is 26.7 Å². The van der Waals surface area contributed by atoms with Gasteiger partial charge in [-0.3, -0.25) is 14.5 Å². The molecular formula is C21H27N3O4. The first-order valence-corrected chi connectivity index (χ1v) is 9.40. The fourth-order valence-electron chi connectivity index (χ4n) is 3.39. The third kappa shape index (κ3) is 4.92. The summed E-state index contributed by atoms with van der Waals surface area (Å²) in [6.45, 7) is 4.12. The molecule has 28 heavy (non-hydrogen) atoms. The Balaban J connectivity index is 1.66. The van der Waals surface area contributed by atoms with E-state index in [1.807, 2.05) is 43.3 Å². The Hall–Kier alpha value is -2.80. The zero-order valence-corrected chi connectivity index (χ0v) is 16.6. The maximum atomic E-state index is 12.7. The summed E-state index contributed by atoms with van der Waals surface area (Å²) in [6.07, 6.45) is 0.131. The van der Waals surface area contributed by atoms with Gasteiger partial charge in [0.1, 0.15) is 17.3 Å². The molecule has 3 rings (SSSR count).